The Kier molecular flexibility index (Phi) is 7.42. The van der Waals surface area contributed by atoms with Gasteiger partial charge in [0, 0.05) is 24.2 Å². The zero-order valence-electron chi connectivity index (χ0n) is 15.9. The zero-order chi connectivity index (χ0) is 21.0. The Morgan fingerprint density at radius 1 is 1.10 bits per heavy atom. The number of hydrogen-bond donors (Lipinski definition) is 1. The van der Waals surface area contributed by atoms with E-state index in [1.54, 1.807) is 0 Å². The average molecular weight is 463 g/mol. The lowest BCUT2D eigenvalue weighted by Crippen LogP contribution is -2.41. The fourth-order valence-corrected chi connectivity index (χ4v) is 5.95. The Morgan fingerprint density at radius 3 is 2.41 bits per heavy atom. The number of carbonyl (C=O) groups is 2. The van der Waals surface area contributed by atoms with Gasteiger partial charge in [-0.1, -0.05) is 36.0 Å². The summed E-state index contributed by atoms with van der Waals surface area (Å²) in [6, 6.07) is 4.46. The molecule has 0 aromatic heterocycles. The maximum atomic E-state index is 12.8. The molecule has 0 unspecified atom stereocenters. The molecule has 1 heterocycles. The average Bonchev–Trinajstić information content (AvgIpc) is 3.21. The first-order valence-electron chi connectivity index (χ1n) is 9.68. The second-order valence-electron chi connectivity index (χ2n) is 7.41. The van der Waals surface area contributed by atoms with E-state index in [0.717, 1.165) is 25.7 Å². The lowest BCUT2D eigenvalue weighted by molar-refractivity contribution is -0.153. The predicted octanol–water partition coefficient (Wildman–Crippen LogP) is 3.00. The maximum Gasteiger partial charge on any atom is 0.309 e. The molecule has 0 radical (unpaired) electrons. The second-order valence-corrected chi connectivity index (χ2v) is 10.2. The van der Waals surface area contributed by atoms with Crippen LogP contribution >= 0.6 is 23.2 Å². The van der Waals surface area contributed by atoms with Gasteiger partial charge in [-0.25, -0.2) is 8.42 Å². The Bertz CT molecular complexity index is 863. The maximum absolute atomic E-state index is 12.8. The summed E-state index contributed by atoms with van der Waals surface area (Å²) in [5, 5.41) is 3.25. The summed E-state index contributed by atoms with van der Waals surface area (Å²) < 4.78 is 32.1. The number of amides is 1. The third kappa shape index (κ3) is 5.63. The highest BCUT2D eigenvalue weighted by Crippen LogP contribution is 2.30. The van der Waals surface area contributed by atoms with Crippen LogP contribution in [0.4, 0.5) is 0 Å². The molecule has 160 valence electrons. The lowest BCUT2D eigenvalue weighted by Gasteiger charge is -2.30. The Morgan fingerprint density at radius 2 is 1.76 bits per heavy atom. The van der Waals surface area contributed by atoms with E-state index < -0.39 is 21.9 Å². The highest BCUT2D eigenvalue weighted by atomic mass is 35.5. The van der Waals surface area contributed by atoms with Gasteiger partial charge in [-0.15, -0.1) is 0 Å². The molecule has 2 aliphatic rings. The minimum Gasteiger partial charge on any atom is -0.455 e. The van der Waals surface area contributed by atoms with E-state index in [2.05, 4.69) is 5.32 Å². The number of nitrogens with zero attached hydrogens (tertiary/aromatic N) is 1. The normalized spacial score (nSPS) is 19.2. The van der Waals surface area contributed by atoms with Crippen molar-refractivity contribution in [2.24, 2.45) is 5.92 Å². The van der Waals surface area contributed by atoms with Gasteiger partial charge in [0.2, 0.25) is 10.0 Å². The molecule has 1 saturated carbocycles. The van der Waals surface area contributed by atoms with Crippen LogP contribution in [0.25, 0.3) is 0 Å². The Labute approximate surface area is 180 Å². The molecular formula is C19H24Cl2N2O5S. The molecule has 7 nitrogen and oxygen atoms in total. The molecule has 0 bridgehead atoms. The summed E-state index contributed by atoms with van der Waals surface area (Å²) in [5.74, 6) is -1.19. The number of nitrogens with one attached hydrogen (secondary N) is 1. The number of sulfonamides is 1. The molecule has 1 saturated heterocycles. The van der Waals surface area contributed by atoms with E-state index in [-0.39, 0.29) is 46.6 Å². The third-order valence-electron chi connectivity index (χ3n) is 5.36. The molecule has 1 aromatic rings. The van der Waals surface area contributed by atoms with Crippen molar-refractivity contribution in [3.63, 3.8) is 0 Å². The van der Waals surface area contributed by atoms with Crippen molar-refractivity contribution in [2.75, 3.05) is 19.7 Å². The molecule has 1 aromatic carbocycles. The number of esters is 1. The minimum absolute atomic E-state index is 0.0451. The number of carbonyl (C=O) groups excluding carboxylic acids is 2. The first-order valence-corrected chi connectivity index (χ1v) is 11.9. The van der Waals surface area contributed by atoms with Gasteiger partial charge < -0.3 is 10.1 Å². The quantitative estimate of drug-likeness (QED) is 0.655. The molecule has 1 aliphatic heterocycles. The zero-order valence-corrected chi connectivity index (χ0v) is 18.2. The van der Waals surface area contributed by atoms with E-state index in [1.165, 1.54) is 22.5 Å². The van der Waals surface area contributed by atoms with Gasteiger partial charge in [0.15, 0.2) is 6.61 Å². The Balaban J connectivity index is 1.49. The summed E-state index contributed by atoms with van der Waals surface area (Å²) in [6.07, 6.45) is 4.77. The highest BCUT2D eigenvalue weighted by Gasteiger charge is 2.34. The summed E-state index contributed by atoms with van der Waals surface area (Å²) >= 11 is 11.9. The number of benzene rings is 1. The molecule has 1 N–H and O–H groups in total. The SMILES string of the molecule is O=C(COC(=O)C1CCN(S(=O)(=O)c2cc(Cl)ccc2Cl)CC1)NC1CCCC1. The topological polar surface area (TPSA) is 92.8 Å². The molecule has 1 aliphatic carbocycles. The van der Waals surface area contributed by atoms with Gasteiger partial charge >= 0.3 is 5.97 Å². The first-order chi connectivity index (χ1) is 13.8. The number of hydrogen-bond acceptors (Lipinski definition) is 5. The van der Waals surface area contributed by atoms with Gasteiger partial charge in [-0.05, 0) is 43.9 Å². The monoisotopic (exact) mass is 462 g/mol. The third-order valence-corrected chi connectivity index (χ3v) is 7.98. The van der Waals surface area contributed by atoms with E-state index in [0.29, 0.717) is 12.8 Å². The van der Waals surface area contributed by atoms with Gasteiger partial charge in [0.05, 0.1) is 10.9 Å². The molecular weight excluding hydrogens is 439 g/mol. The van der Waals surface area contributed by atoms with Gasteiger partial charge in [0.1, 0.15) is 4.90 Å². The standard InChI is InChI=1S/C19H24Cl2N2O5S/c20-14-5-6-16(21)17(11-14)29(26,27)23-9-7-13(8-10-23)19(25)28-12-18(24)22-15-3-1-2-4-15/h5-6,11,13,15H,1-4,7-10,12H2,(H,22,24). The van der Waals surface area contributed by atoms with Crippen molar-refractivity contribution < 1.29 is 22.7 Å². The van der Waals surface area contributed by atoms with Crippen molar-refractivity contribution in [3.8, 4) is 0 Å². The molecule has 0 spiro atoms. The summed E-state index contributed by atoms with van der Waals surface area (Å²) in [5.41, 5.74) is 0. The Hall–Kier alpha value is -1.35. The number of rotatable bonds is 6. The van der Waals surface area contributed by atoms with E-state index >= 15 is 0 Å². The van der Waals surface area contributed by atoms with Gasteiger partial charge in [-0.3, -0.25) is 9.59 Å². The number of halogens is 2. The summed E-state index contributed by atoms with van der Waals surface area (Å²) in [4.78, 5) is 24.1. The van der Waals surface area contributed by atoms with Crippen LogP contribution in [-0.2, 0) is 24.3 Å². The van der Waals surface area contributed by atoms with Crippen molar-refractivity contribution in [1.29, 1.82) is 0 Å². The van der Waals surface area contributed by atoms with Crippen molar-refractivity contribution in [2.45, 2.75) is 49.5 Å². The van der Waals surface area contributed by atoms with Gasteiger partial charge in [-0.2, -0.15) is 4.31 Å². The van der Waals surface area contributed by atoms with Crippen molar-refractivity contribution in [1.82, 2.24) is 9.62 Å². The van der Waals surface area contributed by atoms with E-state index in [4.69, 9.17) is 27.9 Å². The summed E-state index contributed by atoms with van der Waals surface area (Å²) in [7, 11) is -3.80. The molecule has 2 fully saturated rings. The lowest BCUT2D eigenvalue weighted by atomic mass is 9.98. The smallest absolute Gasteiger partial charge is 0.309 e. The van der Waals surface area contributed by atoms with Gasteiger partial charge in [0.25, 0.3) is 5.91 Å². The number of ether oxygens (including phenoxy) is 1. The molecule has 3 rings (SSSR count). The summed E-state index contributed by atoms with van der Waals surface area (Å²) in [6.45, 7) is 0.0321. The van der Waals surface area contributed by atoms with Crippen LogP contribution in [0.3, 0.4) is 0 Å². The van der Waals surface area contributed by atoms with Crippen LogP contribution < -0.4 is 5.32 Å². The number of piperidine rings is 1. The van der Waals surface area contributed by atoms with E-state index in [9.17, 15) is 18.0 Å². The van der Waals surface area contributed by atoms with Crippen LogP contribution in [0.5, 0.6) is 0 Å². The highest BCUT2D eigenvalue weighted by molar-refractivity contribution is 7.89. The van der Waals surface area contributed by atoms with Crippen LogP contribution in [0.15, 0.2) is 23.1 Å². The molecule has 10 heteroatoms. The van der Waals surface area contributed by atoms with E-state index in [1.807, 2.05) is 0 Å². The van der Waals surface area contributed by atoms with Crippen molar-refractivity contribution in [3.05, 3.63) is 28.2 Å². The minimum atomic E-state index is -3.80. The largest absolute Gasteiger partial charge is 0.455 e. The van der Waals surface area contributed by atoms with Crippen LogP contribution in [0.1, 0.15) is 38.5 Å². The van der Waals surface area contributed by atoms with Crippen LogP contribution in [0, 0.1) is 5.92 Å². The fraction of sp³-hybridized carbons (Fsp3) is 0.579. The van der Waals surface area contributed by atoms with Crippen LogP contribution in [-0.4, -0.2) is 50.3 Å². The second kappa shape index (κ2) is 9.64. The molecule has 1 amide bonds. The fourth-order valence-electron chi connectivity index (χ4n) is 3.74. The van der Waals surface area contributed by atoms with Crippen LogP contribution in [0.2, 0.25) is 10.0 Å². The molecule has 0 atom stereocenters. The first kappa shape index (κ1) is 22.3. The molecule has 29 heavy (non-hydrogen) atoms. The predicted molar refractivity (Wildman–Crippen MR) is 109 cm³/mol. The van der Waals surface area contributed by atoms with Crippen molar-refractivity contribution >= 4 is 45.1 Å².